The van der Waals surface area contributed by atoms with Gasteiger partial charge in [-0.2, -0.15) is 5.26 Å². The van der Waals surface area contributed by atoms with Crippen LogP contribution in [0.25, 0.3) is 0 Å². The van der Waals surface area contributed by atoms with Crippen molar-refractivity contribution in [3.05, 3.63) is 48.2 Å². The van der Waals surface area contributed by atoms with E-state index in [-0.39, 0.29) is 0 Å². The molecule has 0 saturated carbocycles. The summed E-state index contributed by atoms with van der Waals surface area (Å²) >= 11 is 0. The van der Waals surface area contributed by atoms with Crippen LogP contribution in [0.4, 0.5) is 17.2 Å². The summed E-state index contributed by atoms with van der Waals surface area (Å²) in [6, 6.07) is 15.7. The van der Waals surface area contributed by atoms with Gasteiger partial charge < -0.3 is 10.6 Å². The molecule has 0 atom stereocenters. The monoisotopic (exact) mass is 252 g/mol. The Kier molecular flexibility index (Phi) is 3.99. The summed E-state index contributed by atoms with van der Waals surface area (Å²) in [5.41, 5.74) is 8.52. The van der Waals surface area contributed by atoms with Crippen molar-refractivity contribution >= 4 is 17.2 Å². The second kappa shape index (κ2) is 5.87. The van der Waals surface area contributed by atoms with Gasteiger partial charge in [0.1, 0.15) is 0 Å². The van der Waals surface area contributed by atoms with Gasteiger partial charge in [0.15, 0.2) is 5.82 Å². The van der Waals surface area contributed by atoms with E-state index in [0.717, 1.165) is 11.4 Å². The molecule has 2 rings (SSSR count). The summed E-state index contributed by atoms with van der Waals surface area (Å²) < 4.78 is 0. The van der Waals surface area contributed by atoms with Gasteiger partial charge in [-0.05, 0) is 31.2 Å². The van der Waals surface area contributed by atoms with Crippen molar-refractivity contribution in [2.24, 2.45) is 0 Å². The highest BCUT2D eigenvalue weighted by Crippen LogP contribution is 2.28. The Labute approximate surface area is 113 Å². The first-order valence-electron chi connectivity index (χ1n) is 6.15. The van der Waals surface area contributed by atoms with Crippen molar-refractivity contribution in [2.45, 2.75) is 13.3 Å². The molecule has 4 heteroatoms. The van der Waals surface area contributed by atoms with Crippen LogP contribution in [0.1, 0.15) is 12.1 Å². The number of anilines is 3. The molecule has 0 aliphatic heterocycles. The van der Waals surface area contributed by atoms with E-state index in [4.69, 9.17) is 11.0 Å². The van der Waals surface area contributed by atoms with Gasteiger partial charge in [0.05, 0.1) is 18.2 Å². The number of pyridine rings is 1. The van der Waals surface area contributed by atoms with E-state index < -0.39 is 0 Å². The number of hydrogen-bond donors (Lipinski definition) is 1. The van der Waals surface area contributed by atoms with Gasteiger partial charge in [-0.15, -0.1) is 0 Å². The molecule has 0 aliphatic rings. The SMILES string of the molecule is Cc1ccc(N)c(N(CCC#N)c2ccccc2)n1. The minimum atomic E-state index is 0.421. The summed E-state index contributed by atoms with van der Waals surface area (Å²) in [4.78, 5) is 6.47. The molecule has 0 fully saturated rings. The average molecular weight is 252 g/mol. The molecule has 2 N–H and O–H groups in total. The first kappa shape index (κ1) is 12.9. The summed E-state index contributed by atoms with van der Waals surface area (Å²) in [6.45, 7) is 2.50. The fourth-order valence-corrected chi connectivity index (χ4v) is 1.90. The third-order valence-electron chi connectivity index (χ3n) is 2.82. The topological polar surface area (TPSA) is 65.9 Å². The Bertz CT molecular complexity index is 587. The first-order chi connectivity index (χ1) is 9.22. The summed E-state index contributed by atoms with van der Waals surface area (Å²) in [5.74, 6) is 0.710. The third kappa shape index (κ3) is 3.02. The minimum absolute atomic E-state index is 0.421. The van der Waals surface area contributed by atoms with Crippen LogP contribution in [0.3, 0.4) is 0 Å². The molecule has 19 heavy (non-hydrogen) atoms. The zero-order valence-corrected chi connectivity index (χ0v) is 10.9. The number of rotatable bonds is 4. The number of hydrogen-bond acceptors (Lipinski definition) is 4. The van der Waals surface area contributed by atoms with Crippen LogP contribution in [0.5, 0.6) is 0 Å². The van der Waals surface area contributed by atoms with Gasteiger partial charge in [0.25, 0.3) is 0 Å². The van der Waals surface area contributed by atoms with E-state index in [2.05, 4.69) is 11.1 Å². The van der Waals surface area contributed by atoms with Crippen molar-refractivity contribution in [1.29, 1.82) is 5.26 Å². The predicted molar refractivity (Wildman–Crippen MR) is 77.1 cm³/mol. The summed E-state index contributed by atoms with van der Waals surface area (Å²) in [5, 5.41) is 8.80. The number of nitrogens with two attached hydrogens (primary N) is 1. The molecule has 96 valence electrons. The molecule has 1 aromatic carbocycles. The Hall–Kier alpha value is -2.54. The Balaban J connectivity index is 2.43. The van der Waals surface area contributed by atoms with Gasteiger partial charge in [-0.25, -0.2) is 4.98 Å². The molecule has 0 saturated heterocycles. The first-order valence-corrected chi connectivity index (χ1v) is 6.15. The van der Waals surface area contributed by atoms with Crippen molar-refractivity contribution in [3.8, 4) is 6.07 Å². The highest BCUT2D eigenvalue weighted by molar-refractivity contribution is 5.71. The van der Waals surface area contributed by atoms with Crippen LogP contribution in [0.15, 0.2) is 42.5 Å². The number of para-hydroxylation sites is 1. The number of nitrogen functional groups attached to an aromatic ring is 1. The second-order valence-corrected chi connectivity index (χ2v) is 4.26. The lowest BCUT2D eigenvalue weighted by molar-refractivity contribution is 0.923. The molecular formula is C15H16N4. The van der Waals surface area contributed by atoms with Crippen molar-refractivity contribution in [2.75, 3.05) is 17.2 Å². The maximum Gasteiger partial charge on any atom is 0.156 e. The van der Waals surface area contributed by atoms with Gasteiger partial charge in [0, 0.05) is 17.9 Å². The molecule has 0 aliphatic carbocycles. The van der Waals surface area contributed by atoms with Crippen molar-refractivity contribution in [1.82, 2.24) is 4.98 Å². The second-order valence-electron chi connectivity index (χ2n) is 4.26. The molecule has 1 heterocycles. The zero-order chi connectivity index (χ0) is 13.7. The van der Waals surface area contributed by atoms with Gasteiger partial charge in [-0.1, -0.05) is 18.2 Å². The average Bonchev–Trinajstić information content (AvgIpc) is 2.44. The van der Waals surface area contributed by atoms with E-state index in [1.165, 1.54) is 0 Å². The maximum absolute atomic E-state index is 8.80. The molecular weight excluding hydrogens is 236 g/mol. The fourth-order valence-electron chi connectivity index (χ4n) is 1.90. The minimum Gasteiger partial charge on any atom is -0.396 e. The van der Waals surface area contributed by atoms with E-state index in [0.29, 0.717) is 24.5 Å². The lowest BCUT2D eigenvalue weighted by Crippen LogP contribution is -2.21. The number of nitriles is 1. The van der Waals surface area contributed by atoms with Crippen LogP contribution < -0.4 is 10.6 Å². The van der Waals surface area contributed by atoms with Crippen LogP contribution in [-0.2, 0) is 0 Å². The Morgan fingerprint density at radius 2 is 1.95 bits per heavy atom. The molecule has 1 aromatic heterocycles. The molecule has 0 amide bonds. The quantitative estimate of drug-likeness (QED) is 0.908. The van der Waals surface area contributed by atoms with Crippen molar-refractivity contribution < 1.29 is 0 Å². The zero-order valence-electron chi connectivity index (χ0n) is 10.9. The van der Waals surface area contributed by atoms with Crippen molar-refractivity contribution in [3.63, 3.8) is 0 Å². The van der Waals surface area contributed by atoms with E-state index in [1.807, 2.05) is 54.3 Å². The lowest BCUT2D eigenvalue weighted by Gasteiger charge is -2.24. The van der Waals surface area contributed by atoms with Gasteiger partial charge >= 0.3 is 0 Å². The van der Waals surface area contributed by atoms with E-state index in [1.54, 1.807) is 0 Å². The predicted octanol–water partition coefficient (Wildman–Crippen LogP) is 3.02. The normalized spacial score (nSPS) is 9.89. The van der Waals surface area contributed by atoms with Crippen LogP contribution in [0, 0.1) is 18.3 Å². The highest BCUT2D eigenvalue weighted by Gasteiger charge is 2.13. The van der Waals surface area contributed by atoms with Crippen LogP contribution in [0.2, 0.25) is 0 Å². The van der Waals surface area contributed by atoms with E-state index in [9.17, 15) is 0 Å². The number of benzene rings is 1. The molecule has 0 unspecified atom stereocenters. The smallest absolute Gasteiger partial charge is 0.156 e. The Morgan fingerprint density at radius 3 is 2.63 bits per heavy atom. The number of nitrogens with zero attached hydrogens (tertiary/aromatic N) is 3. The highest BCUT2D eigenvalue weighted by atomic mass is 15.2. The molecule has 2 aromatic rings. The molecule has 0 radical (unpaired) electrons. The largest absolute Gasteiger partial charge is 0.396 e. The molecule has 0 bridgehead atoms. The maximum atomic E-state index is 8.80. The number of aromatic nitrogens is 1. The standard InChI is InChI=1S/C15H16N4/c1-12-8-9-14(17)15(18-12)19(11-5-10-16)13-6-3-2-4-7-13/h2-4,6-9H,5,11,17H2,1H3. The van der Waals surface area contributed by atoms with Crippen LogP contribution >= 0.6 is 0 Å². The Morgan fingerprint density at radius 1 is 1.21 bits per heavy atom. The van der Waals surface area contributed by atoms with Gasteiger partial charge in [0.2, 0.25) is 0 Å². The van der Waals surface area contributed by atoms with Gasteiger partial charge in [-0.3, -0.25) is 0 Å². The molecule has 0 spiro atoms. The van der Waals surface area contributed by atoms with Crippen LogP contribution in [-0.4, -0.2) is 11.5 Å². The third-order valence-corrected chi connectivity index (χ3v) is 2.82. The fraction of sp³-hybridized carbons (Fsp3) is 0.200. The van der Waals surface area contributed by atoms with E-state index >= 15 is 0 Å². The summed E-state index contributed by atoms with van der Waals surface area (Å²) in [6.07, 6.45) is 0.421. The lowest BCUT2D eigenvalue weighted by atomic mass is 10.2. The number of aryl methyl sites for hydroxylation is 1. The summed E-state index contributed by atoms with van der Waals surface area (Å²) in [7, 11) is 0. The molecule has 4 nitrogen and oxygen atoms in total.